The van der Waals surface area contributed by atoms with Crippen molar-refractivity contribution in [2.24, 2.45) is 5.92 Å². The van der Waals surface area contributed by atoms with E-state index in [1.165, 1.54) is 4.90 Å². The molecule has 7 nitrogen and oxygen atoms in total. The number of hydroxylamine groups is 2. The predicted molar refractivity (Wildman–Crippen MR) is 117 cm³/mol. The third kappa shape index (κ3) is 4.26. The summed E-state index contributed by atoms with van der Waals surface area (Å²) in [7, 11) is 0. The average molecular weight is 411 g/mol. The van der Waals surface area contributed by atoms with Gasteiger partial charge in [-0.2, -0.15) is 5.06 Å². The maximum Gasteiger partial charge on any atom is 0.347 e. The van der Waals surface area contributed by atoms with Crippen molar-refractivity contribution in [1.29, 1.82) is 0 Å². The average Bonchev–Trinajstić information content (AvgIpc) is 2.92. The maximum absolute atomic E-state index is 13.4. The number of hydrogen-bond acceptors (Lipinski definition) is 3. The molecule has 2 aromatic carbocycles. The van der Waals surface area contributed by atoms with E-state index >= 15 is 0 Å². The van der Waals surface area contributed by atoms with Gasteiger partial charge in [0.1, 0.15) is 0 Å². The van der Waals surface area contributed by atoms with E-state index in [9.17, 15) is 14.8 Å². The third-order valence-corrected chi connectivity index (χ3v) is 5.44. The van der Waals surface area contributed by atoms with Crippen LogP contribution in [0.15, 0.2) is 60.7 Å². The zero-order valence-corrected chi connectivity index (χ0v) is 17.9. The first-order chi connectivity index (χ1) is 14.2. The highest BCUT2D eigenvalue weighted by molar-refractivity contribution is 5.98. The maximum atomic E-state index is 13.4. The van der Waals surface area contributed by atoms with Crippen LogP contribution < -0.4 is 10.2 Å². The van der Waals surface area contributed by atoms with Crippen LogP contribution in [0.25, 0.3) is 0 Å². The molecule has 4 amide bonds. The Bertz CT molecular complexity index is 871. The summed E-state index contributed by atoms with van der Waals surface area (Å²) in [6, 6.07) is 17.1. The Hall–Kier alpha value is -3.06. The molecule has 1 saturated heterocycles. The van der Waals surface area contributed by atoms with Gasteiger partial charge >= 0.3 is 12.1 Å². The molecule has 2 aromatic rings. The van der Waals surface area contributed by atoms with E-state index < -0.39 is 17.7 Å². The Kier molecular flexibility index (Phi) is 6.31. The van der Waals surface area contributed by atoms with Gasteiger partial charge in [0, 0.05) is 17.9 Å². The van der Waals surface area contributed by atoms with Crippen LogP contribution in [0.4, 0.5) is 21.0 Å². The van der Waals surface area contributed by atoms with Crippen molar-refractivity contribution in [3.05, 3.63) is 60.7 Å². The fourth-order valence-corrected chi connectivity index (χ4v) is 3.77. The highest BCUT2D eigenvalue weighted by Crippen LogP contribution is 2.38. The van der Waals surface area contributed by atoms with E-state index in [0.29, 0.717) is 28.9 Å². The van der Waals surface area contributed by atoms with Crippen LogP contribution in [-0.2, 0) is 0 Å². The molecule has 3 rings (SSSR count). The lowest BCUT2D eigenvalue weighted by atomic mass is 9.98. The molecule has 1 heterocycles. The molecule has 0 aliphatic carbocycles. The minimum absolute atomic E-state index is 0.233. The Balaban J connectivity index is 1.94. The molecule has 1 fully saturated rings. The Labute approximate surface area is 177 Å². The number of nitrogens with one attached hydrogen (secondary N) is 1. The lowest BCUT2D eigenvalue weighted by molar-refractivity contribution is -0.0950. The number of anilines is 2. The van der Waals surface area contributed by atoms with Gasteiger partial charge in [0.2, 0.25) is 0 Å². The molecule has 2 N–H and O–H groups in total. The first kappa shape index (κ1) is 21.6. The highest BCUT2D eigenvalue weighted by atomic mass is 16.5. The van der Waals surface area contributed by atoms with Gasteiger partial charge in [0.15, 0.2) is 6.17 Å². The number of carbonyl (C=O) groups excluding carboxylic acids is 2. The summed E-state index contributed by atoms with van der Waals surface area (Å²) < 4.78 is 0. The molecule has 1 aliphatic rings. The Morgan fingerprint density at radius 2 is 1.67 bits per heavy atom. The second-order valence-electron chi connectivity index (χ2n) is 8.49. The van der Waals surface area contributed by atoms with Crippen molar-refractivity contribution in [2.45, 2.75) is 45.8 Å². The number of carbonyl (C=O) groups is 2. The second kappa shape index (κ2) is 8.75. The molecule has 30 heavy (non-hydrogen) atoms. The topological polar surface area (TPSA) is 76.1 Å². The predicted octanol–water partition coefficient (Wildman–Crippen LogP) is 5.00. The van der Waals surface area contributed by atoms with Crippen LogP contribution in [0.2, 0.25) is 0 Å². The lowest BCUT2D eigenvalue weighted by Gasteiger charge is -2.38. The van der Waals surface area contributed by atoms with Gasteiger partial charge in [-0.1, -0.05) is 50.2 Å². The summed E-state index contributed by atoms with van der Waals surface area (Å²) in [4.78, 5) is 29.5. The summed E-state index contributed by atoms with van der Waals surface area (Å²) in [6.45, 7) is 8.49. The van der Waals surface area contributed by atoms with Gasteiger partial charge in [-0.3, -0.25) is 10.1 Å². The van der Waals surface area contributed by atoms with Gasteiger partial charge in [0.25, 0.3) is 0 Å². The van der Waals surface area contributed by atoms with E-state index in [4.69, 9.17) is 0 Å². The van der Waals surface area contributed by atoms with Crippen LogP contribution in [0.5, 0.6) is 0 Å². The van der Waals surface area contributed by atoms with Gasteiger partial charge in [-0.15, -0.1) is 0 Å². The zero-order valence-electron chi connectivity index (χ0n) is 17.9. The van der Waals surface area contributed by atoms with Crippen molar-refractivity contribution >= 4 is 23.4 Å². The van der Waals surface area contributed by atoms with Gasteiger partial charge in [0.05, 0.1) is 5.54 Å². The molecule has 0 unspecified atom stereocenters. The number of nitrogens with zero attached hydrogens (tertiary/aromatic N) is 3. The summed E-state index contributed by atoms with van der Waals surface area (Å²) in [6.07, 6.45) is -0.0742. The second-order valence-corrected chi connectivity index (χ2v) is 8.49. The number of hydrogen-bond donors (Lipinski definition) is 2. The molecule has 0 spiro atoms. The van der Waals surface area contributed by atoms with Crippen LogP contribution in [0.1, 0.15) is 34.1 Å². The van der Waals surface area contributed by atoms with Crippen molar-refractivity contribution < 1.29 is 14.8 Å². The third-order valence-electron chi connectivity index (χ3n) is 5.44. The lowest BCUT2D eigenvalue weighted by Crippen LogP contribution is -2.58. The smallest absolute Gasteiger partial charge is 0.315 e. The molecule has 0 bridgehead atoms. The number of amides is 4. The van der Waals surface area contributed by atoms with Gasteiger partial charge in [-0.25, -0.2) is 9.59 Å². The summed E-state index contributed by atoms with van der Waals surface area (Å²) >= 11 is 0. The Morgan fingerprint density at radius 1 is 1.10 bits per heavy atom. The van der Waals surface area contributed by atoms with Crippen molar-refractivity contribution in [3.63, 3.8) is 0 Å². The summed E-state index contributed by atoms with van der Waals surface area (Å²) in [5, 5.41) is 14.3. The van der Waals surface area contributed by atoms with Gasteiger partial charge in [-0.05, 0) is 50.5 Å². The molecule has 0 aromatic heterocycles. The van der Waals surface area contributed by atoms with E-state index in [1.807, 2.05) is 38.1 Å². The van der Waals surface area contributed by atoms with Crippen LogP contribution in [-0.4, -0.2) is 45.5 Å². The fourth-order valence-electron chi connectivity index (χ4n) is 3.77. The quantitative estimate of drug-likeness (QED) is 0.520. The molecule has 1 aliphatic heterocycles. The fraction of sp³-hybridized carbons (Fsp3) is 0.391. The van der Waals surface area contributed by atoms with Crippen molar-refractivity contribution in [2.75, 3.05) is 16.8 Å². The van der Waals surface area contributed by atoms with Crippen molar-refractivity contribution in [1.82, 2.24) is 9.96 Å². The number of benzene rings is 2. The summed E-state index contributed by atoms with van der Waals surface area (Å²) in [5.74, 6) is 0.421. The highest BCUT2D eigenvalue weighted by Gasteiger charge is 2.55. The first-order valence-corrected chi connectivity index (χ1v) is 10.2. The minimum atomic E-state index is -0.900. The standard InChI is InChI=1S/C23H30N4O3/c1-17(2)15-16-25-22(29)26(19-13-9-6-10-14-19)20(23(25,3)4)27(30)21(28)24-18-11-7-5-8-12-18/h5-14,17,20,30H,15-16H2,1-4H3,(H,24,28)/t20-/m0/s1. The molecule has 1 atom stereocenters. The molecule has 7 heteroatoms. The summed E-state index contributed by atoms with van der Waals surface area (Å²) in [5.41, 5.74) is 0.371. The molecule has 0 saturated carbocycles. The van der Waals surface area contributed by atoms with E-state index in [2.05, 4.69) is 19.2 Å². The number of para-hydroxylation sites is 2. The first-order valence-electron chi connectivity index (χ1n) is 10.2. The normalized spacial score (nSPS) is 18.1. The number of urea groups is 2. The van der Waals surface area contributed by atoms with E-state index in [0.717, 1.165) is 6.42 Å². The van der Waals surface area contributed by atoms with Crippen LogP contribution >= 0.6 is 0 Å². The number of rotatable bonds is 6. The monoisotopic (exact) mass is 410 g/mol. The molecule has 160 valence electrons. The van der Waals surface area contributed by atoms with Crippen LogP contribution in [0, 0.1) is 5.92 Å². The van der Waals surface area contributed by atoms with Crippen molar-refractivity contribution in [3.8, 4) is 0 Å². The molecular weight excluding hydrogens is 380 g/mol. The van der Waals surface area contributed by atoms with Crippen LogP contribution in [0.3, 0.4) is 0 Å². The van der Waals surface area contributed by atoms with E-state index in [-0.39, 0.29) is 6.03 Å². The molecule has 0 radical (unpaired) electrons. The van der Waals surface area contributed by atoms with Gasteiger partial charge < -0.3 is 10.2 Å². The Morgan fingerprint density at radius 3 is 2.23 bits per heavy atom. The minimum Gasteiger partial charge on any atom is -0.315 e. The largest absolute Gasteiger partial charge is 0.347 e. The SMILES string of the molecule is CC(C)CCN1C(=O)N(c2ccccc2)[C@@H](N(O)C(=O)Nc2ccccc2)C1(C)C. The molecular formula is C23H30N4O3. The zero-order chi connectivity index (χ0) is 21.9. The van der Waals surface area contributed by atoms with E-state index in [1.54, 1.807) is 41.3 Å².